The SMILES string of the molecule is Cc1cc2c(cc1C(=O)NCCCN1CCC(F)CC1)n(C)c1nc(-c3ccc(C4CCCN4)cc3F)cn21. The highest BCUT2D eigenvalue weighted by molar-refractivity contribution is 5.99. The Labute approximate surface area is 227 Å². The molecule has 39 heavy (non-hydrogen) atoms. The molecule has 2 aliphatic heterocycles. The summed E-state index contributed by atoms with van der Waals surface area (Å²) in [5, 5.41) is 6.46. The van der Waals surface area contributed by atoms with E-state index in [1.165, 1.54) is 0 Å². The number of aromatic nitrogens is 3. The number of alkyl halides is 1. The van der Waals surface area contributed by atoms with E-state index in [-0.39, 0.29) is 17.8 Å². The molecule has 2 aromatic carbocycles. The molecule has 0 aliphatic carbocycles. The lowest BCUT2D eigenvalue weighted by Gasteiger charge is -2.28. The summed E-state index contributed by atoms with van der Waals surface area (Å²) in [5.74, 6) is 0.321. The molecule has 0 radical (unpaired) electrons. The van der Waals surface area contributed by atoms with Crippen LogP contribution in [0.1, 0.15) is 59.6 Å². The van der Waals surface area contributed by atoms with Crippen molar-refractivity contribution >= 4 is 22.7 Å². The van der Waals surface area contributed by atoms with Crippen molar-refractivity contribution < 1.29 is 13.6 Å². The molecule has 0 spiro atoms. The third-order valence-electron chi connectivity index (χ3n) is 8.36. The Hall–Kier alpha value is -3.30. The number of hydrogen-bond acceptors (Lipinski definition) is 4. The summed E-state index contributed by atoms with van der Waals surface area (Å²) in [6.45, 7) is 5.92. The van der Waals surface area contributed by atoms with E-state index in [1.807, 2.05) is 53.4 Å². The van der Waals surface area contributed by atoms with E-state index in [2.05, 4.69) is 15.5 Å². The fourth-order valence-corrected chi connectivity index (χ4v) is 6.06. The molecule has 9 heteroatoms. The molecule has 206 valence electrons. The quantitative estimate of drug-likeness (QED) is 0.331. The van der Waals surface area contributed by atoms with Crippen molar-refractivity contribution in [2.45, 2.75) is 51.2 Å². The van der Waals surface area contributed by atoms with Crippen molar-refractivity contribution in [3.63, 3.8) is 0 Å². The molecule has 1 unspecified atom stereocenters. The molecule has 2 aliphatic rings. The van der Waals surface area contributed by atoms with E-state index in [9.17, 15) is 9.18 Å². The van der Waals surface area contributed by atoms with Crippen molar-refractivity contribution in [3.8, 4) is 11.3 Å². The van der Waals surface area contributed by atoms with Crippen LogP contribution in [0.4, 0.5) is 8.78 Å². The largest absolute Gasteiger partial charge is 0.352 e. The number of amides is 1. The minimum atomic E-state index is -0.669. The zero-order valence-electron chi connectivity index (χ0n) is 22.6. The van der Waals surface area contributed by atoms with Crippen molar-refractivity contribution in [2.24, 2.45) is 7.05 Å². The summed E-state index contributed by atoms with van der Waals surface area (Å²) >= 11 is 0. The second kappa shape index (κ2) is 10.7. The van der Waals surface area contributed by atoms with Crippen LogP contribution in [0.5, 0.6) is 0 Å². The average Bonchev–Trinajstić information content (AvgIpc) is 3.66. The van der Waals surface area contributed by atoms with Crippen molar-refractivity contribution in [1.29, 1.82) is 0 Å². The van der Waals surface area contributed by atoms with Gasteiger partial charge in [-0.05, 0) is 87.5 Å². The number of piperidine rings is 1. The Bertz CT molecular complexity index is 1510. The average molecular weight is 535 g/mol. The molecule has 7 nitrogen and oxygen atoms in total. The Morgan fingerprint density at radius 2 is 1.97 bits per heavy atom. The summed E-state index contributed by atoms with van der Waals surface area (Å²) in [5.41, 5.74) is 5.35. The summed E-state index contributed by atoms with van der Waals surface area (Å²) in [6.07, 6.45) is 5.38. The lowest BCUT2D eigenvalue weighted by Crippen LogP contribution is -2.36. The lowest BCUT2D eigenvalue weighted by atomic mass is 10.0. The van der Waals surface area contributed by atoms with E-state index < -0.39 is 6.17 Å². The number of nitrogens with one attached hydrogen (secondary N) is 2. The van der Waals surface area contributed by atoms with Crippen LogP contribution in [0.3, 0.4) is 0 Å². The van der Waals surface area contributed by atoms with Gasteiger partial charge in [0.2, 0.25) is 5.78 Å². The highest BCUT2D eigenvalue weighted by atomic mass is 19.1. The lowest BCUT2D eigenvalue weighted by molar-refractivity contribution is 0.0949. The molecule has 6 rings (SSSR count). The first-order chi connectivity index (χ1) is 18.9. The number of carbonyl (C=O) groups is 1. The predicted molar refractivity (Wildman–Crippen MR) is 149 cm³/mol. The number of halogens is 2. The summed E-state index contributed by atoms with van der Waals surface area (Å²) in [6, 6.07) is 9.56. The number of aryl methyl sites for hydroxylation is 2. The second-order valence-electron chi connectivity index (χ2n) is 11.0. The molecule has 0 bridgehead atoms. The van der Waals surface area contributed by atoms with Crippen molar-refractivity contribution in [1.82, 2.24) is 29.5 Å². The fraction of sp³-hybridized carbons (Fsp3) is 0.467. The Morgan fingerprint density at radius 1 is 1.15 bits per heavy atom. The van der Waals surface area contributed by atoms with E-state index in [1.54, 1.807) is 6.07 Å². The smallest absolute Gasteiger partial charge is 0.251 e. The minimum Gasteiger partial charge on any atom is -0.352 e. The molecule has 4 heterocycles. The molecule has 2 N–H and O–H groups in total. The molecule has 2 aromatic heterocycles. The van der Waals surface area contributed by atoms with Crippen LogP contribution in [0.15, 0.2) is 36.5 Å². The Balaban J connectivity index is 1.19. The van der Waals surface area contributed by atoms with Crippen LogP contribution < -0.4 is 10.6 Å². The van der Waals surface area contributed by atoms with Gasteiger partial charge in [-0.3, -0.25) is 9.20 Å². The number of hydrogen-bond donors (Lipinski definition) is 2. The molecule has 4 aromatic rings. The summed E-state index contributed by atoms with van der Waals surface area (Å²) < 4.78 is 32.4. The third-order valence-corrected chi connectivity index (χ3v) is 8.36. The van der Waals surface area contributed by atoms with Gasteiger partial charge in [-0.25, -0.2) is 13.8 Å². The molecular formula is C30H36F2N6O. The molecule has 1 amide bonds. The number of carbonyl (C=O) groups excluding carboxylic acids is 1. The van der Waals surface area contributed by atoms with Gasteiger partial charge in [0.05, 0.1) is 16.7 Å². The van der Waals surface area contributed by atoms with Crippen molar-refractivity contribution in [2.75, 3.05) is 32.7 Å². The third kappa shape index (κ3) is 5.05. The van der Waals surface area contributed by atoms with Gasteiger partial charge in [0.1, 0.15) is 12.0 Å². The normalized spacial score (nSPS) is 18.9. The number of rotatable bonds is 7. The fourth-order valence-electron chi connectivity index (χ4n) is 6.06. The number of benzene rings is 2. The molecular weight excluding hydrogens is 498 g/mol. The highest BCUT2D eigenvalue weighted by Gasteiger charge is 2.21. The molecule has 2 fully saturated rings. The second-order valence-corrected chi connectivity index (χ2v) is 11.0. The first kappa shape index (κ1) is 26.0. The van der Waals surface area contributed by atoms with Crippen molar-refractivity contribution in [3.05, 3.63) is 59.0 Å². The van der Waals surface area contributed by atoms with Gasteiger partial charge in [0.25, 0.3) is 5.91 Å². The van der Waals surface area contributed by atoms with Crippen LogP contribution in [0.2, 0.25) is 0 Å². The molecule has 2 saturated heterocycles. The zero-order chi connectivity index (χ0) is 27.1. The van der Waals surface area contributed by atoms with E-state index in [4.69, 9.17) is 4.98 Å². The molecule has 0 saturated carbocycles. The maximum atomic E-state index is 15.1. The van der Waals surface area contributed by atoms with Crippen LogP contribution >= 0.6 is 0 Å². The molecule has 1 atom stereocenters. The monoisotopic (exact) mass is 534 g/mol. The number of fused-ring (bicyclic) bond motifs is 3. The Kier molecular flexibility index (Phi) is 7.12. The van der Waals surface area contributed by atoms with Gasteiger partial charge in [-0.1, -0.05) is 6.07 Å². The minimum absolute atomic E-state index is 0.102. The standard InChI is InChI=1S/C30H36F2N6O/c1-19-15-28-27(17-23(19)29(39)34-11-4-12-37-13-8-21(31)9-14-37)36(2)30-35-26(18-38(28)30)22-7-6-20(16-24(22)32)25-5-3-10-33-25/h6-7,15-18,21,25,33H,3-5,8-14H2,1-2H3,(H,34,39). The topological polar surface area (TPSA) is 66.6 Å². The van der Waals surface area contributed by atoms with Gasteiger partial charge < -0.3 is 20.1 Å². The maximum Gasteiger partial charge on any atom is 0.251 e. The zero-order valence-corrected chi connectivity index (χ0v) is 22.6. The first-order valence-corrected chi connectivity index (χ1v) is 14.0. The van der Waals surface area contributed by atoms with Crippen LogP contribution in [-0.2, 0) is 7.05 Å². The summed E-state index contributed by atoms with van der Waals surface area (Å²) in [4.78, 5) is 20.0. The van der Waals surface area contributed by atoms with Gasteiger partial charge in [-0.2, -0.15) is 0 Å². The van der Waals surface area contributed by atoms with Crippen LogP contribution in [-0.4, -0.2) is 63.7 Å². The van der Waals surface area contributed by atoms with Gasteiger partial charge >= 0.3 is 0 Å². The number of imidazole rings is 2. The van der Waals surface area contributed by atoms with E-state index in [0.29, 0.717) is 42.0 Å². The van der Waals surface area contributed by atoms with E-state index >= 15 is 4.39 Å². The maximum absolute atomic E-state index is 15.1. The van der Waals surface area contributed by atoms with Gasteiger partial charge in [-0.15, -0.1) is 0 Å². The number of nitrogens with zero attached hydrogens (tertiary/aromatic N) is 4. The number of likely N-dealkylation sites (tertiary alicyclic amines) is 1. The van der Waals surface area contributed by atoms with Gasteiger partial charge in [0.15, 0.2) is 0 Å². The first-order valence-electron chi connectivity index (χ1n) is 14.0. The Morgan fingerprint density at radius 3 is 2.72 bits per heavy atom. The highest BCUT2D eigenvalue weighted by Crippen LogP contribution is 2.31. The van der Waals surface area contributed by atoms with Crippen LogP contribution in [0, 0.1) is 12.7 Å². The van der Waals surface area contributed by atoms with E-state index in [0.717, 1.165) is 67.6 Å². The van der Waals surface area contributed by atoms with Gasteiger partial charge in [0, 0.05) is 50.0 Å². The predicted octanol–water partition coefficient (Wildman–Crippen LogP) is 4.92. The van der Waals surface area contributed by atoms with Crippen LogP contribution in [0.25, 0.3) is 28.1 Å². The summed E-state index contributed by atoms with van der Waals surface area (Å²) in [7, 11) is 1.91.